The Kier molecular flexibility index (Phi) is 4.17. The molecule has 2 aliphatic heterocycles. The van der Waals surface area contributed by atoms with Gasteiger partial charge in [0.25, 0.3) is 5.91 Å². The van der Waals surface area contributed by atoms with Gasteiger partial charge >= 0.3 is 0 Å². The highest BCUT2D eigenvalue weighted by molar-refractivity contribution is 5.96. The number of carbonyl (C=O) groups excluding carboxylic acids is 1. The van der Waals surface area contributed by atoms with E-state index in [1.54, 1.807) is 10.7 Å². The lowest BCUT2D eigenvalue weighted by molar-refractivity contribution is 0.0726. The molecule has 1 atom stereocenters. The molecule has 1 aromatic carbocycles. The number of halogens is 1. The highest BCUT2D eigenvalue weighted by Crippen LogP contribution is 2.41. The number of benzene rings is 1. The van der Waals surface area contributed by atoms with Crippen LogP contribution < -0.4 is 10.6 Å². The molecule has 1 saturated heterocycles. The van der Waals surface area contributed by atoms with Crippen molar-refractivity contribution < 1.29 is 9.18 Å². The van der Waals surface area contributed by atoms with Crippen LogP contribution in [0.25, 0.3) is 11.4 Å². The summed E-state index contributed by atoms with van der Waals surface area (Å²) in [6, 6.07) is 4.38. The van der Waals surface area contributed by atoms with Gasteiger partial charge in [-0.25, -0.2) is 9.37 Å². The van der Waals surface area contributed by atoms with E-state index in [1.165, 1.54) is 12.1 Å². The zero-order valence-corrected chi connectivity index (χ0v) is 17.7. The topological polar surface area (TPSA) is 106 Å². The molecule has 1 saturated carbocycles. The van der Waals surface area contributed by atoms with Crippen LogP contribution in [0.5, 0.6) is 0 Å². The minimum Gasteiger partial charge on any atom is -0.379 e. The van der Waals surface area contributed by atoms with E-state index in [2.05, 4.69) is 15.3 Å². The van der Waals surface area contributed by atoms with Crippen LogP contribution in [0.1, 0.15) is 53.3 Å². The predicted molar refractivity (Wildman–Crippen MR) is 115 cm³/mol. The van der Waals surface area contributed by atoms with E-state index in [0.29, 0.717) is 41.6 Å². The lowest BCUT2D eigenvalue weighted by Gasteiger charge is -2.30. The number of nitrogen functional groups attached to an aromatic ring is 1. The third-order valence-corrected chi connectivity index (χ3v) is 6.54. The van der Waals surface area contributed by atoms with Crippen LogP contribution in [0.15, 0.2) is 24.4 Å². The van der Waals surface area contributed by atoms with Crippen molar-refractivity contribution >= 4 is 17.5 Å². The smallest absolute Gasteiger partial charge is 0.254 e. The highest BCUT2D eigenvalue weighted by atomic mass is 19.1. The van der Waals surface area contributed by atoms with E-state index in [4.69, 9.17) is 10.7 Å². The van der Waals surface area contributed by atoms with E-state index in [0.717, 1.165) is 31.2 Å². The van der Waals surface area contributed by atoms with Gasteiger partial charge in [0.1, 0.15) is 5.82 Å². The highest BCUT2D eigenvalue weighted by Gasteiger charge is 2.38. The fraction of sp³-hybridized carbons (Fsp3) is 0.409. The monoisotopic (exact) mass is 434 g/mol. The van der Waals surface area contributed by atoms with Gasteiger partial charge < -0.3 is 15.5 Å². The average molecular weight is 434 g/mol. The van der Waals surface area contributed by atoms with Crippen molar-refractivity contribution in [2.24, 2.45) is 7.05 Å². The first-order valence-electron chi connectivity index (χ1n) is 10.9. The number of anilines is 2. The van der Waals surface area contributed by atoms with E-state index in [1.807, 2.05) is 23.0 Å². The van der Waals surface area contributed by atoms with Gasteiger partial charge in [-0.2, -0.15) is 5.10 Å². The molecule has 0 radical (unpaired) electrons. The summed E-state index contributed by atoms with van der Waals surface area (Å²) in [7, 11) is 1.83. The van der Waals surface area contributed by atoms with Crippen LogP contribution in [-0.2, 0) is 13.6 Å². The second-order valence-electron chi connectivity index (χ2n) is 8.75. The number of aryl methyl sites for hydroxylation is 1. The fourth-order valence-electron chi connectivity index (χ4n) is 4.91. The Balaban J connectivity index is 1.61. The molecule has 164 valence electrons. The van der Waals surface area contributed by atoms with Crippen LogP contribution in [0, 0.1) is 5.82 Å². The number of nitrogens with two attached hydrogens (primary N) is 1. The molecule has 10 heteroatoms. The quantitative estimate of drug-likeness (QED) is 0.627. The minimum atomic E-state index is -0.366. The molecule has 6 rings (SSSR count). The first-order chi connectivity index (χ1) is 15.5. The maximum atomic E-state index is 14.4. The van der Waals surface area contributed by atoms with Crippen molar-refractivity contribution in [1.29, 1.82) is 0 Å². The number of carbonyl (C=O) groups is 1. The SMILES string of the molecule is Cn1cc2c(n1)CN(C1CC1)C(=O)c1ccc(F)cc1[C@H]1CCCN1c1nc-2nnc1N. The summed E-state index contributed by atoms with van der Waals surface area (Å²) in [4.78, 5) is 22.5. The Labute approximate surface area is 184 Å². The summed E-state index contributed by atoms with van der Waals surface area (Å²) in [5, 5.41) is 13.0. The van der Waals surface area contributed by atoms with E-state index in [-0.39, 0.29) is 29.6 Å². The standard InChI is InChI=1S/C22H23FN8O/c1-29-10-16-17(28-29)11-31(13-5-6-13)22(32)14-7-4-12(23)9-15(14)18-3-2-8-30(18)21-19(24)26-27-20(16)25-21/h4,7,9-10,13,18H,2-3,5-6,8,11H2,1H3,(H2,24,26)/t18-/m1/s1. The van der Waals surface area contributed by atoms with E-state index < -0.39 is 0 Å². The molecule has 2 N–H and O–H groups in total. The molecule has 3 aliphatic rings. The Morgan fingerprint density at radius 3 is 2.78 bits per heavy atom. The maximum absolute atomic E-state index is 14.4. The predicted octanol–water partition coefficient (Wildman–Crippen LogP) is 2.45. The molecule has 0 unspecified atom stereocenters. The molecule has 2 aromatic heterocycles. The summed E-state index contributed by atoms with van der Waals surface area (Å²) >= 11 is 0. The zero-order chi connectivity index (χ0) is 22.0. The molecule has 4 heterocycles. The van der Waals surface area contributed by atoms with Crippen LogP contribution >= 0.6 is 0 Å². The van der Waals surface area contributed by atoms with Gasteiger partial charge in [-0.05, 0) is 49.4 Å². The number of hydrogen-bond acceptors (Lipinski definition) is 7. The van der Waals surface area contributed by atoms with Gasteiger partial charge in [0.05, 0.1) is 23.8 Å². The summed E-state index contributed by atoms with van der Waals surface area (Å²) in [6.07, 6.45) is 5.38. The Morgan fingerprint density at radius 2 is 1.97 bits per heavy atom. The molecule has 1 amide bonds. The van der Waals surface area contributed by atoms with Crippen molar-refractivity contribution in [3.8, 4) is 11.4 Å². The first kappa shape index (κ1) is 19.1. The number of nitrogens with zero attached hydrogens (tertiary/aromatic N) is 7. The van der Waals surface area contributed by atoms with Gasteiger partial charge in [-0.1, -0.05) is 0 Å². The van der Waals surface area contributed by atoms with Crippen molar-refractivity contribution in [1.82, 2.24) is 29.9 Å². The number of rotatable bonds is 1. The number of hydrogen-bond donors (Lipinski definition) is 1. The third kappa shape index (κ3) is 3.01. The van der Waals surface area contributed by atoms with Gasteiger partial charge in [0.2, 0.25) is 0 Å². The van der Waals surface area contributed by atoms with Gasteiger partial charge in [0.15, 0.2) is 17.5 Å². The van der Waals surface area contributed by atoms with Crippen molar-refractivity contribution in [3.05, 3.63) is 47.0 Å². The third-order valence-electron chi connectivity index (χ3n) is 6.54. The van der Waals surface area contributed by atoms with Crippen LogP contribution in [0.4, 0.5) is 16.0 Å². The average Bonchev–Trinajstić information content (AvgIpc) is 3.38. The largest absolute Gasteiger partial charge is 0.379 e. The lowest BCUT2D eigenvalue weighted by atomic mass is 9.96. The normalized spacial score (nSPS) is 20.3. The maximum Gasteiger partial charge on any atom is 0.254 e. The van der Waals surface area contributed by atoms with Crippen LogP contribution in [-0.4, -0.2) is 48.4 Å². The van der Waals surface area contributed by atoms with E-state index in [9.17, 15) is 9.18 Å². The second kappa shape index (κ2) is 6.98. The zero-order valence-electron chi connectivity index (χ0n) is 17.7. The molecule has 9 nitrogen and oxygen atoms in total. The minimum absolute atomic E-state index is 0.0952. The summed E-state index contributed by atoms with van der Waals surface area (Å²) < 4.78 is 16.1. The van der Waals surface area contributed by atoms with Gasteiger partial charge in [0, 0.05) is 31.4 Å². The lowest BCUT2D eigenvalue weighted by Crippen LogP contribution is -2.35. The Hall–Kier alpha value is -3.56. The van der Waals surface area contributed by atoms with Gasteiger partial charge in [-0.3, -0.25) is 9.48 Å². The van der Waals surface area contributed by atoms with Crippen molar-refractivity contribution in [2.75, 3.05) is 17.2 Å². The molecule has 32 heavy (non-hydrogen) atoms. The fourth-order valence-corrected chi connectivity index (χ4v) is 4.91. The Morgan fingerprint density at radius 1 is 1.12 bits per heavy atom. The summed E-state index contributed by atoms with van der Waals surface area (Å²) in [5.74, 6) is 0.685. The molecule has 1 aliphatic carbocycles. The molecular weight excluding hydrogens is 411 g/mol. The Bertz CT molecular complexity index is 1240. The molecule has 3 aromatic rings. The first-order valence-corrected chi connectivity index (χ1v) is 10.9. The van der Waals surface area contributed by atoms with Crippen molar-refractivity contribution in [2.45, 2.75) is 44.3 Å². The molecule has 2 fully saturated rings. The van der Waals surface area contributed by atoms with Gasteiger partial charge in [-0.15, -0.1) is 10.2 Å². The number of aromatic nitrogens is 5. The molecular formula is C22H23FN8O. The number of fused-ring (bicyclic) bond motifs is 8. The molecule has 0 spiro atoms. The van der Waals surface area contributed by atoms with E-state index >= 15 is 0 Å². The van der Waals surface area contributed by atoms with Crippen molar-refractivity contribution in [3.63, 3.8) is 0 Å². The summed E-state index contributed by atoms with van der Waals surface area (Å²) in [5.41, 5.74) is 8.82. The molecule has 2 bridgehead atoms. The van der Waals surface area contributed by atoms with Crippen LogP contribution in [0.3, 0.4) is 0 Å². The summed E-state index contributed by atoms with van der Waals surface area (Å²) in [6.45, 7) is 1.01. The number of amides is 1. The van der Waals surface area contributed by atoms with Crippen LogP contribution in [0.2, 0.25) is 0 Å². The second-order valence-corrected chi connectivity index (χ2v) is 8.75.